The molecule has 0 bridgehead atoms. The molecule has 1 heterocycles. The van der Waals surface area contributed by atoms with Crippen LogP contribution in [0.1, 0.15) is 43.9 Å². The third-order valence-electron chi connectivity index (χ3n) is 4.95. The van der Waals surface area contributed by atoms with Gasteiger partial charge in [-0.15, -0.1) is 0 Å². The summed E-state index contributed by atoms with van der Waals surface area (Å²) < 4.78 is 2.29. The van der Waals surface area contributed by atoms with Crippen LogP contribution in [0.2, 0.25) is 0 Å². The van der Waals surface area contributed by atoms with Gasteiger partial charge >= 0.3 is 0 Å². The highest BCUT2D eigenvalue weighted by Crippen LogP contribution is 2.43. The quantitative estimate of drug-likeness (QED) is 0.851. The van der Waals surface area contributed by atoms with Gasteiger partial charge in [0.1, 0.15) is 0 Å². The van der Waals surface area contributed by atoms with E-state index in [2.05, 4.69) is 49.4 Å². The van der Waals surface area contributed by atoms with E-state index in [1.807, 2.05) is 6.33 Å². The number of rotatable bonds is 1. The maximum Gasteiger partial charge on any atom is 0.0961 e. The Morgan fingerprint density at radius 1 is 1.26 bits per heavy atom. The maximum absolute atomic E-state index is 6.46. The fourth-order valence-corrected chi connectivity index (χ4v) is 3.25. The molecule has 19 heavy (non-hydrogen) atoms. The molecule has 3 heteroatoms. The maximum atomic E-state index is 6.46. The smallest absolute Gasteiger partial charge is 0.0961 e. The van der Waals surface area contributed by atoms with E-state index in [0.29, 0.717) is 6.04 Å². The molecule has 2 unspecified atom stereocenters. The molecule has 0 saturated heterocycles. The molecule has 1 aliphatic rings. The van der Waals surface area contributed by atoms with E-state index in [9.17, 15) is 0 Å². The minimum absolute atomic E-state index is 0.200. The Hall–Kier alpha value is -1.35. The van der Waals surface area contributed by atoms with Gasteiger partial charge in [0.25, 0.3) is 0 Å². The largest absolute Gasteiger partial charge is 0.326 e. The van der Waals surface area contributed by atoms with E-state index in [4.69, 9.17) is 5.73 Å². The Kier molecular flexibility index (Phi) is 2.72. The molecule has 1 fully saturated rings. The van der Waals surface area contributed by atoms with Gasteiger partial charge in [-0.3, -0.25) is 0 Å². The van der Waals surface area contributed by atoms with E-state index in [-0.39, 0.29) is 11.5 Å². The number of fused-ring (bicyclic) bond motifs is 1. The zero-order chi connectivity index (χ0) is 13.8. The van der Waals surface area contributed by atoms with Crippen molar-refractivity contribution in [2.45, 2.75) is 52.6 Å². The predicted octanol–water partition coefficient (Wildman–Crippen LogP) is 3.34. The van der Waals surface area contributed by atoms with Gasteiger partial charge in [-0.05, 0) is 55.4 Å². The summed E-state index contributed by atoms with van der Waals surface area (Å²) in [6, 6.07) is 5.00. The van der Waals surface area contributed by atoms with Gasteiger partial charge in [0.2, 0.25) is 0 Å². The van der Waals surface area contributed by atoms with Crippen molar-refractivity contribution in [3.8, 4) is 0 Å². The first kappa shape index (κ1) is 12.7. The van der Waals surface area contributed by atoms with Crippen LogP contribution in [0.5, 0.6) is 0 Å². The summed E-state index contributed by atoms with van der Waals surface area (Å²) in [4.78, 5) is 4.55. The van der Waals surface area contributed by atoms with Gasteiger partial charge in [-0.25, -0.2) is 4.98 Å². The van der Waals surface area contributed by atoms with Gasteiger partial charge in [-0.1, -0.05) is 13.8 Å². The summed E-state index contributed by atoms with van der Waals surface area (Å²) in [6.45, 7) is 8.83. The van der Waals surface area contributed by atoms with Crippen LogP contribution >= 0.6 is 0 Å². The van der Waals surface area contributed by atoms with Crippen molar-refractivity contribution in [2.24, 2.45) is 11.1 Å². The van der Waals surface area contributed by atoms with Crippen LogP contribution in [0.15, 0.2) is 18.5 Å². The molecule has 1 saturated carbocycles. The monoisotopic (exact) mass is 257 g/mol. The van der Waals surface area contributed by atoms with Gasteiger partial charge < -0.3 is 10.3 Å². The second kappa shape index (κ2) is 4.07. The van der Waals surface area contributed by atoms with Crippen LogP contribution in [0, 0.1) is 19.3 Å². The van der Waals surface area contributed by atoms with Gasteiger partial charge in [-0.2, -0.15) is 0 Å². The zero-order valence-electron chi connectivity index (χ0n) is 12.3. The molecule has 0 aliphatic heterocycles. The molecule has 1 aromatic carbocycles. The molecular formula is C16H23N3. The first-order chi connectivity index (χ1) is 8.90. The van der Waals surface area contributed by atoms with E-state index >= 15 is 0 Å². The van der Waals surface area contributed by atoms with Crippen molar-refractivity contribution in [3.63, 3.8) is 0 Å². The molecule has 1 aromatic heterocycles. The van der Waals surface area contributed by atoms with Gasteiger partial charge in [0, 0.05) is 6.04 Å². The van der Waals surface area contributed by atoms with Crippen molar-refractivity contribution in [1.82, 2.24) is 9.55 Å². The highest BCUT2D eigenvalue weighted by Gasteiger charge is 2.40. The molecule has 1 aliphatic carbocycles. The van der Waals surface area contributed by atoms with Crippen molar-refractivity contribution in [2.75, 3.05) is 0 Å². The number of aromatic nitrogens is 2. The van der Waals surface area contributed by atoms with Crippen molar-refractivity contribution in [3.05, 3.63) is 29.6 Å². The normalized spacial score (nSPS) is 26.2. The van der Waals surface area contributed by atoms with E-state index in [0.717, 1.165) is 11.9 Å². The second-order valence-electron chi connectivity index (χ2n) is 6.70. The second-order valence-corrected chi connectivity index (χ2v) is 6.70. The lowest BCUT2D eigenvalue weighted by atomic mass is 9.87. The van der Waals surface area contributed by atoms with Gasteiger partial charge in [0.05, 0.1) is 23.4 Å². The van der Waals surface area contributed by atoms with Gasteiger partial charge in [0.15, 0.2) is 0 Å². The lowest BCUT2D eigenvalue weighted by Gasteiger charge is -2.27. The zero-order valence-corrected chi connectivity index (χ0v) is 12.3. The number of hydrogen-bond acceptors (Lipinski definition) is 2. The minimum Gasteiger partial charge on any atom is -0.326 e. The van der Waals surface area contributed by atoms with E-state index < -0.39 is 0 Å². The molecular weight excluding hydrogens is 234 g/mol. The summed E-state index contributed by atoms with van der Waals surface area (Å²) in [6.07, 6.45) is 4.30. The number of aryl methyl sites for hydroxylation is 2. The predicted molar refractivity (Wildman–Crippen MR) is 79.2 cm³/mol. The Morgan fingerprint density at radius 2 is 1.95 bits per heavy atom. The van der Waals surface area contributed by atoms with Crippen LogP contribution in [0.4, 0.5) is 0 Å². The van der Waals surface area contributed by atoms with Crippen molar-refractivity contribution in [1.29, 1.82) is 0 Å². The summed E-state index contributed by atoms with van der Waals surface area (Å²) >= 11 is 0. The molecule has 102 valence electrons. The van der Waals surface area contributed by atoms with Crippen LogP contribution in [0.3, 0.4) is 0 Å². The average Bonchev–Trinajstić information content (AvgIpc) is 2.83. The summed E-state index contributed by atoms with van der Waals surface area (Å²) in [5, 5.41) is 0. The highest BCUT2D eigenvalue weighted by atomic mass is 15.1. The summed E-state index contributed by atoms with van der Waals surface area (Å²) in [5.41, 5.74) is 11.6. The molecule has 0 radical (unpaired) electrons. The standard InChI is InChI=1S/C16H23N3/c1-10-7-12-14(8-11(10)2)19(9-18-12)13-5-6-16(3,4)15(13)17/h7-9,13,15H,5-6,17H2,1-4H3. The molecule has 2 N–H and O–H groups in total. The van der Waals surface area contributed by atoms with Crippen LogP contribution in [-0.2, 0) is 0 Å². The summed E-state index contributed by atoms with van der Waals surface area (Å²) in [7, 11) is 0. The van der Waals surface area contributed by atoms with Crippen molar-refractivity contribution < 1.29 is 0 Å². The number of nitrogens with two attached hydrogens (primary N) is 1. The molecule has 0 spiro atoms. The molecule has 2 aromatic rings. The third kappa shape index (κ3) is 1.88. The van der Waals surface area contributed by atoms with Crippen LogP contribution < -0.4 is 5.73 Å². The minimum atomic E-state index is 0.200. The fraction of sp³-hybridized carbons (Fsp3) is 0.562. The third-order valence-corrected chi connectivity index (χ3v) is 4.95. The first-order valence-electron chi connectivity index (χ1n) is 7.09. The Morgan fingerprint density at radius 3 is 2.58 bits per heavy atom. The fourth-order valence-electron chi connectivity index (χ4n) is 3.25. The van der Waals surface area contributed by atoms with E-state index in [1.165, 1.54) is 23.1 Å². The first-order valence-corrected chi connectivity index (χ1v) is 7.09. The van der Waals surface area contributed by atoms with Crippen LogP contribution in [0.25, 0.3) is 11.0 Å². The Balaban J connectivity index is 2.09. The summed E-state index contributed by atoms with van der Waals surface area (Å²) in [5.74, 6) is 0. The molecule has 2 atom stereocenters. The molecule has 3 nitrogen and oxygen atoms in total. The Labute approximate surface area is 114 Å². The number of nitrogens with zero attached hydrogens (tertiary/aromatic N) is 2. The van der Waals surface area contributed by atoms with E-state index in [1.54, 1.807) is 0 Å². The Bertz CT molecular complexity index is 624. The number of benzene rings is 1. The average molecular weight is 257 g/mol. The highest BCUT2D eigenvalue weighted by molar-refractivity contribution is 5.77. The topological polar surface area (TPSA) is 43.8 Å². The SMILES string of the molecule is Cc1cc2ncn(C3CCC(C)(C)C3N)c2cc1C. The van der Waals surface area contributed by atoms with Crippen LogP contribution in [-0.4, -0.2) is 15.6 Å². The number of hydrogen-bond donors (Lipinski definition) is 1. The number of imidazole rings is 1. The molecule has 3 rings (SSSR count). The van der Waals surface area contributed by atoms with Crippen molar-refractivity contribution >= 4 is 11.0 Å². The lowest BCUT2D eigenvalue weighted by Crippen LogP contribution is -2.37. The molecule has 0 amide bonds. The lowest BCUT2D eigenvalue weighted by molar-refractivity contribution is 0.301.